The van der Waals surface area contributed by atoms with Gasteiger partial charge in [0.25, 0.3) is 0 Å². The molecule has 2 aromatic rings. The number of hydrogen-bond donors (Lipinski definition) is 1. The molecular formula is C13H15N3O. The predicted octanol–water partition coefficient (Wildman–Crippen LogP) is 2.51. The third-order valence-electron chi connectivity index (χ3n) is 2.35. The molecule has 2 N–H and O–H groups in total. The van der Waals surface area contributed by atoms with E-state index in [2.05, 4.69) is 9.97 Å². The zero-order valence-corrected chi connectivity index (χ0v) is 9.92. The van der Waals surface area contributed by atoms with Crippen molar-refractivity contribution in [2.75, 3.05) is 5.73 Å². The van der Waals surface area contributed by atoms with E-state index in [9.17, 15) is 0 Å². The van der Waals surface area contributed by atoms with Gasteiger partial charge in [-0.2, -0.15) is 0 Å². The maximum absolute atomic E-state index is 5.76. The van der Waals surface area contributed by atoms with E-state index in [0.717, 1.165) is 11.4 Å². The number of hydrogen-bond acceptors (Lipinski definition) is 4. The van der Waals surface area contributed by atoms with Crippen LogP contribution in [0.4, 0.5) is 5.82 Å². The summed E-state index contributed by atoms with van der Waals surface area (Å²) >= 11 is 0. The first-order chi connectivity index (χ1) is 8.15. The van der Waals surface area contributed by atoms with Crippen LogP contribution in [-0.4, -0.2) is 9.97 Å². The lowest BCUT2D eigenvalue weighted by Gasteiger charge is -2.14. The Hall–Kier alpha value is -2.10. The maximum atomic E-state index is 5.76. The molecule has 1 aromatic carbocycles. The molecular weight excluding hydrogens is 214 g/mol. The molecule has 0 amide bonds. The Morgan fingerprint density at radius 3 is 2.53 bits per heavy atom. The molecule has 4 heteroatoms. The zero-order valence-electron chi connectivity index (χ0n) is 9.92. The minimum absolute atomic E-state index is 0.151. The number of benzene rings is 1. The van der Waals surface area contributed by atoms with Crippen molar-refractivity contribution in [3.05, 3.63) is 47.9 Å². The van der Waals surface area contributed by atoms with Crippen LogP contribution in [0, 0.1) is 6.92 Å². The van der Waals surface area contributed by atoms with Crippen LogP contribution in [0.1, 0.15) is 24.5 Å². The number of anilines is 1. The van der Waals surface area contributed by atoms with Crippen LogP contribution < -0.4 is 10.5 Å². The average Bonchev–Trinajstić information content (AvgIpc) is 2.29. The van der Waals surface area contributed by atoms with E-state index in [4.69, 9.17) is 10.5 Å². The van der Waals surface area contributed by atoms with E-state index >= 15 is 0 Å². The summed E-state index contributed by atoms with van der Waals surface area (Å²) in [4.78, 5) is 8.35. The van der Waals surface area contributed by atoms with Gasteiger partial charge >= 0.3 is 0 Å². The van der Waals surface area contributed by atoms with Gasteiger partial charge in [0.05, 0.1) is 5.69 Å². The van der Waals surface area contributed by atoms with Crippen molar-refractivity contribution in [1.29, 1.82) is 0 Å². The first-order valence-corrected chi connectivity index (χ1v) is 5.48. The van der Waals surface area contributed by atoms with Gasteiger partial charge < -0.3 is 10.5 Å². The largest absolute Gasteiger partial charge is 0.484 e. The molecule has 4 nitrogen and oxygen atoms in total. The lowest BCUT2D eigenvalue weighted by molar-refractivity contribution is 0.221. The lowest BCUT2D eigenvalue weighted by atomic mass is 10.2. The van der Waals surface area contributed by atoms with Crippen LogP contribution >= 0.6 is 0 Å². The molecule has 0 bridgehead atoms. The van der Waals surface area contributed by atoms with Crippen molar-refractivity contribution in [3.8, 4) is 5.75 Å². The molecule has 1 heterocycles. The van der Waals surface area contributed by atoms with Gasteiger partial charge in [-0.3, -0.25) is 0 Å². The molecule has 1 aromatic heterocycles. The normalized spacial score (nSPS) is 12.1. The van der Waals surface area contributed by atoms with Gasteiger partial charge in [0.1, 0.15) is 23.5 Å². The van der Waals surface area contributed by atoms with Gasteiger partial charge in [-0.15, -0.1) is 0 Å². The fourth-order valence-corrected chi connectivity index (χ4v) is 1.59. The zero-order chi connectivity index (χ0) is 12.3. The Labute approximate surface area is 100 Å². The molecule has 0 radical (unpaired) electrons. The highest BCUT2D eigenvalue weighted by Gasteiger charge is 2.10. The van der Waals surface area contributed by atoms with Crippen molar-refractivity contribution < 1.29 is 4.74 Å². The SMILES string of the molecule is Cc1nc(N)cc(C(C)Oc2ccccc2)n1. The van der Waals surface area contributed by atoms with Gasteiger partial charge in [0.15, 0.2) is 0 Å². The number of nitrogens with zero attached hydrogens (tertiary/aromatic N) is 2. The topological polar surface area (TPSA) is 61.0 Å². The number of nitrogens with two attached hydrogens (primary N) is 1. The molecule has 2 rings (SSSR count). The predicted molar refractivity (Wildman–Crippen MR) is 66.7 cm³/mol. The van der Waals surface area contributed by atoms with Crippen LogP contribution in [0.2, 0.25) is 0 Å². The van der Waals surface area contributed by atoms with E-state index in [0.29, 0.717) is 11.6 Å². The molecule has 17 heavy (non-hydrogen) atoms. The summed E-state index contributed by atoms with van der Waals surface area (Å²) in [6, 6.07) is 11.4. The molecule has 1 atom stereocenters. The first-order valence-electron chi connectivity index (χ1n) is 5.48. The third-order valence-corrected chi connectivity index (χ3v) is 2.35. The maximum Gasteiger partial charge on any atom is 0.138 e. The highest BCUT2D eigenvalue weighted by molar-refractivity contribution is 5.31. The second-order valence-electron chi connectivity index (χ2n) is 3.84. The van der Waals surface area contributed by atoms with Gasteiger partial charge in [-0.1, -0.05) is 18.2 Å². The summed E-state index contributed by atoms with van der Waals surface area (Å²) in [5.74, 6) is 1.94. The summed E-state index contributed by atoms with van der Waals surface area (Å²) in [5, 5.41) is 0. The third kappa shape index (κ3) is 2.93. The first kappa shape index (κ1) is 11.4. The van der Waals surface area contributed by atoms with Gasteiger partial charge in [-0.25, -0.2) is 9.97 Å². The number of rotatable bonds is 3. The van der Waals surface area contributed by atoms with Gasteiger partial charge in [0.2, 0.25) is 0 Å². The van der Waals surface area contributed by atoms with Crippen LogP contribution in [0.3, 0.4) is 0 Å². The van der Waals surface area contributed by atoms with Gasteiger partial charge in [0, 0.05) is 6.07 Å². The van der Waals surface area contributed by atoms with Crippen LogP contribution in [0.25, 0.3) is 0 Å². The second-order valence-corrected chi connectivity index (χ2v) is 3.84. The number of ether oxygens (including phenoxy) is 1. The van der Waals surface area contributed by atoms with E-state index in [1.165, 1.54) is 0 Å². The van der Waals surface area contributed by atoms with Crippen molar-refractivity contribution in [1.82, 2.24) is 9.97 Å². The van der Waals surface area contributed by atoms with Crippen molar-refractivity contribution in [2.24, 2.45) is 0 Å². The summed E-state index contributed by atoms with van der Waals surface area (Å²) in [5.41, 5.74) is 6.47. The Morgan fingerprint density at radius 2 is 1.88 bits per heavy atom. The molecule has 0 aliphatic rings. The van der Waals surface area contributed by atoms with Crippen molar-refractivity contribution >= 4 is 5.82 Å². The quantitative estimate of drug-likeness (QED) is 0.878. The standard InChI is InChI=1S/C13H15N3O/c1-9(17-11-6-4-3-5-7-11)12-8-13(14)16-10(2)15-12/h3-9H,1-2H3,(H2,14,15,16). The van der Waals surface area contributed by atoms with E-state index in [-0.39, 0.29) is 6.10 Å². The fraction of sp³-hybridized carbons (Fsp3) is 0.231. The minimum Gasteiger partial charge on any atom is -0.484 e. The molecule has 0 aliphatic heterocycles. The van der Waals surface area contributed by atoms with Crippen molar-refractivity contribution in [3.63, 3.8) is 0 Å². The fourth-order valence-electron chi connectivity index (χ4n) is 1.59. The Kier molecular flexibility index (Phi) is 3.23. The minimum atomic E-state index is -0.151. The number of nitrogen functional groups attached to an aromatic ring is 1. The number of aryl methyl sites for hydroxylation is 1. The molecule has 0 spiro atoms. The van der Waals surface area contributed by atoms with Crippen LogP contribution in [0.15, 0.2) is 36.4 Å². The summed E-state index contributed by atoms with van der Waals surface area (Å²) in [7, 11) is 0. The smallest absolute Gasteiger partial charge is 0.138 e. The Bertz CT molecular complexity index is 479. The second kappa shape index (κ2) is 4.82. The highest BCUT2D eigenvalue weighted by Crippen LogP contribution is 2.20. The van der Waals surface area contributed by atoms with E-state index in [1.807, 2.05) is 44.2 Å². The molecule has 0 saturated heterocycles. The van der Waals surface area contributed by atoms with E-state index in [1.54, 1.807) is 6.07 Å². The summed E-state index contributed by atoms with van der Waals surface area (Å²) in [6.07, 6.45) is -0.151. The van der Waals surface area contributed by atoms with Gasteiger partial charge in [-0.05, 0) is 26.0 Å². The van der Waals surface area contributed by atoms with Crippen LogP contribution in [-0.2, 0) is 0 Å². The molecule has 0 fully saturated rings. The summed E-state index contributed by atoms with van der Waals surface area (Å²) < 4.78 is 5.76. The van der Waals surface area contributed by atoms with E-state index < -0.39 is 0 Å². The molecule has 0 aliphatic carbocycles. The van der Waals surface area contributed by atoms with Crippen molar-refractivity contribution in [2.45, 2.75) is 20.0 Å². The van der Waals surface area contributed by atoms with Crippen LogP contribution in [0.5, 0.6) is 5.75 Å². The molecule has 88 valence electrons. The lowest BCUT2D eigenvalue weighted by Crippen LogP contribution is -2.08. The monoisotopic (exact) mass is 229 g/mol. The average molecular weight is 229 g/mol. The molecule has 1 unspecified atom stereocenters. The summed E-state index contributed by atoms with van der Waals surface area (Å²) in [6.45, 7) is 3.75. The number of para-hydroxylation sites is 1. The Balaban J connectivity index is 2.17. The Morgan fingerprint density at radius 1 is 1.18 bits per heavy atom. The highest BCUT2D eigenvalue weighted by atomic mass is 16.5. The number of aromatic nitrogens is 2. The molecule has 0 saturated carbocycles.